The van der Waals surface area contributed by atoms with Crippen LogP contribution >= 0.6 is 0 Å². The van der Waals surface area contributed by atoms with Crippen molar-refractivity contribution in [3.8, 4) is 6.07 Å². The average molecular weight is 449 g/mol. The largest absolute Gasteiger partial charge is 0.390 e. The predicted octanol–water partition coefficient (Wildman–Crippen LogP) is 5.70. The molecule has 4 aliphatic rings. The Labute approximate surface area is 199 Å². The van der Waals surface area contributed by atoms with Crippen molar-refractivity contribution in [1.29, 1.82) is 5.26 Å². The van der Waals surface area contributed by atoms with Gasteiger partial charge in [-0.1, -0.05) is 13.0 Å². The lowest BCUT2D eigenvalue weighted by Crippen LogP contribution is -2.52. The van der Waals surface area contributed by atoms with E-state index in [9.17, 15) is 9.90 Å². The molecule has 4 heteroatoms. The molecule has 0 saturated heterocycles. The molecule has 4 aliphatic carbocycles. The van der Waals surface area contributed by atoms with Crippen LogP contribution in [-0.4, -0.2) is 22.7 Å². The second-order valence-corrected chi connectivity index (χ2v) is 12.4. The van der Waals surface area contributed by atoms with Gasteiger partial charge in [0.05, 0.1) is 17.2 Å². The Morgan fingerprint density at radius 3 is 2.67 bits per heavy atom. The van der Waals surface area contributed by atoms with Gasteiger partial charge in [0, 0.05) is 11.6 Å². The number of benzene rings is 1. The molecule has 0 aromatic heterocycles. The molecule has 4 nitrogen and oxygen atoms in total. The van der Waals surface area contributed by atoms with Gasteiger partial charge in [-0.25, -0.2) is 0 Å². The van der Waals surface area contributed by atoms with Crippen LogP contribution in [0.4, 0.5) is 0 Å². The van der Waals surface area contributed by atoms with E-state index in [-0.39, 0.29) is 11.9 Å². The van der Waals surface area contributed by atoms with Gasteiger partial charge in [-0.3, -0.25) is 4.79 Å². The van der Waals surface area contributed by atoms with Crippen LogP contribution in [-0.2, 0) is 0 Å². The zero-order valence-corrected chi connectivity index (χ0v) is 20.5. The Balaban J connectivity index is 1.28. The summed E-state index contributed by atoms with van der Waals surface area (Å²) < 4.78 is 0. The van der Waals surface area contributed by atoms with Crippen molar-refractivity contribution in [1.82, 2.24) is 5.32 Å². The molecule has 1 aromatic rings. The lowest BCUT2D eigenvalue weighted by molar-refractivity contribution is -0.101. The number of aliphatic hydroxyl groups is 1. The van der Waals surface area contributed by atoms with Crippen molar-refractivity contribution < 1.29 is 9.90 Å². The monoisotopic (exact) mass is 448 g/mol. The van der Waals surface area contributed by atoms with Gasteiger partial charge < -0.3 is 10.4 Å². The van der Waals surface area contributed by atoms with Crippen LogP contribution < -0.4 is 5.32 Å². The average Bonchev–Trinajstić information content (AvgIpc) is 3.15. The number of fused-ring (bicyclic) bond motifs is 5. The summed E-state index contributed by atoms with van der Waals surface area (Å²) in [5.74, 6) is 4.43. The molecule has 0 radical (unpaired) electrons. The van der Waals surface area contributed by atoms with Crippen LogP contribution in [0.5, 0.6) is 0 Å². The summed E-state index contributed by atoms with van der Waals surface area (Å²) in [6.45, 7) is 6.75. The number of carbonyl (C=O) groups excluding carboxylic acids is 1. The minimum absolute atomic E-state index is 0.0601. The van der Waals surface area contributed by atoms with Crippen molar-refractivity contribution in [2.75, 3.05) is 0 Å². The van der Waals surface area contributed by atoms with E-state index in [0.717, 1.165) is 42.4 Å². The van der Waals surface area contributed by atoms with Gasteiger partial charge >= 0.3 is 0 Å². The number of hydrogen-bond acceptors (Lipinski definition) is 3. The summed E-state index contributed by atoms with van der Waals surface area (Å²) in [5, 5.41) is 23.1. The van der Waals surface area contributed by atoms with Gasteiger partial charge in [-0.05, 0) is 131 Å². The molecular formula is C29H40N2O2. The summed E-state index contributed by atoms with van der Waals surface area (Å²) >= 11 is 0. The zero-order chi connectivity index (χ0) is 23.4. The number of amides is 1. The standard InChI is InChI=1S/C29H40N2O2/c1-18(31-27(32)20-6-4-5-19(15-20)17-30)25-9-10-26-24-8-7-21-16-28(2,33)13-11-22(21)23(24)12-14-29(25,26)3/h4-6,15,18,21-26,33H,7-14,16H2,1-3H3,(H,31,32)/t18-,21-,22+,23-,24-,25?,26+,28-,29-/m1/s1. The van der Waals surface area contributed by atoms with Crippen LogP contribution in [0.15, 0.2) is 24.3 Å². The maximum Gasteiger partial charge on any atom is 0.251 e. The highest BCUT2D eigenvalue weighted by atomic mass is 16.3. The number of nitriles is 1. The van der Waals surface area contributed by atoms with Crippen molar-refractivity contribution >= 4 is 5.91 Å². The molecular weight excluding hydrogens is 408 g/mol. The number of carbonyl (C=O) groups is 1. The first kappa shape index (κ1) is 22.9. The summed E-state index contributed by atoms with van der Waals surface area (Å²) in [4.78, 5) is 12.9. The molecule has 1 unspecified atom stereocenters. The van der Waals surface area contributed by atoms with Crippen molar-refractivity contribution in [3.63, 3.8) is 0 Å². The number of nitrogens with one attached hydrogen (secondary N) is 1. The lowest BCUT2D eigenvalue weighted by atomic mass is 9.49. The highest BCUT2D eigenvalue weighted by Crippen LogP contribution is 2.65. The van der Waals surface area contributed by atoms with Gasteiger partial charge in [-0.15, -0.1) is 0 Å². The van der Waals surface area contributed by atoms with E-state index >= 15 is 0 Å². The molecule has 1 amide bonds. The third-order valence-electron chi connectivity index (χ3n) is 10.5. The Hall–Kier alpha value is -1.86. The fourth-order valence-corrected chi connectivity index (χ4v) is 9.06. The van der Waals surface area contributed by atoms with Crippen molar-refractivity contribution in [3.05, 3.63) is 35.4 Å². The zero-order valence-electron chi connectivity index (χ0n) is 20.5. The quantitative estimate of drug-likeness (QED) is 0.623. The molecule has 0 heterocycles. The SMILES string of the molecule is C[C@@H](NC(=O)c1cccc(C#N)c1)C1CC[C@H]2[C@@H]3CC[C@@H]4C[C@](C)(O)CC[C@@H]4[C@H]3CC[C@]12C. The van der Waals surface area contributed by atoms with Gasteiger partial charge in [-0.2, -0.15) is 5.26 Å². The molecule has 1 aromatic carbocycles. The van der Waals surface area contributed by atoms with E-state index < -0.39 is 5.60 Å². The maximum atomic E-state index is 12.9. The Morgan fingerprint density at radius 2 is 1.88 bits per heavy atom. The van der Waals surface area contributed by atoms with Gasteiger partial charge in [0.2, 0.25) is 0 Å². The molecule has 4 saturated carbocycles. The second-order valence-electron chi connectivity index (χ2n) is 12.4. The third kappa shape index (κ3) is 4.01. The molecule has 33 heavy (non-hydrogen) atoms. The molecule has 2 N–H and O–H groups in total. The normalized spacial score (nSPS) is 42.9. The summed E-state index contributed by atoms with van der Waals surface area (Å²) in [7, 11) is 0. The van der Waals surface area contributed by atoms with Crippen molar-refractivity contribution in [2.45, 2.75) is 90.2 Å². The maximum absolute atomic E-state index is 12.9. The molecule has 9 atom stereocenters. The van der Waals surface area contributed by atoms with Crippen LogP contribution in [0, 0.1) is 52.3 Å². The highest BCUT2D eigenvalue weighted by molar-refractivity contribution is 5.94. The summed E-state index contributed by atoms with van der Waals surface area (Å²) in [5.41, 5.74) is 0.961. The van der Waals surface area contributed by atoms with E-state index in [1.807, 2.05) is 6.92 Å². The van der Waals surface area contributed by atoms with Crippen LogP contribution in [0.1, 0.15) is 94.5 Å². The van der Waals surface area contributed by atoms with Crippen LogP contribution in [0.2, 0.25) is 0 Å². The van der Waals surface area contributed by atoms with Gasteiger partial charge in [0.15, 0.2) is 0 Å². The van der Waals surface area contributed by atoms with Crippen LogP contribution in [0.25, 0.3) is 0 Å². The molecule has 4 fully saturated rings. The highest BCUT2D eigenvalue weighted by Gasteiger charge is 2.58. The van der Waals surface area contributed by atoms with E-state index in [0.29, 0.717) is 22.5 Å². The molecule has 178 valence electrons. The minimum Gasteiger partial charge on any atom is -0.390 e. The van der Waals surface area contributed by atoms with Gasteiger partial charge in [0.25, 0.3) is 5.91 Å². The Morgan fingerprint density at radius 1 is 1.09 bits per heavy atom. The minimum atomic E-state index is -0.448. The Kier molecular flexibility index (Phi) is 5.84. The fraction of sp³-hybridized carbons (Fsp3) is 0.724. The first-order valence-corrected chi connectivity index (χ1v) is 13.3. The summed E-state index contributed by atoms with van der Waals surface area (Å²) in [6, 6.07) is 9.28. The lowest BCUT2D eigenvalue weighted by Gasteiger charge is -2.57. The summed E-state index contributed by atoms with van der Waals surface area (Å²) in [6.07, 6.45) is 10.9. The topological polar surface area (TPSA) is 73.1 Å². The van der Waals surface area contributed by atoms with E-state index in [4.69, 9.17) is 5.26 Å². The smallest absolute Gasteiger partial charge is 0.251 e. The van der Waals surface area contributed by atoms with Crippen LogP contribution in [0.3, 0.4) is 0 Å². The number of rotatable bonds is 3. The first-order valence-electron chi connectivity index (χ1n) is 13.3. The van der Waals surface area contributed by atoms with Crippen molar-refractivity contribution in [2.24, 2.45) is 40.9 Å². The molecule has 0 aliphatic heterocycles. The number of hydrogen-bond donors (Lipinski definition) is 2. The van der Waals surface area contributed by atoms with E-state index in [1.165, 1.54) is 44.9 Å². The second kappa shape index (κ2) is 8.42. The molecule has 0 bridgehead atoms. The van der Waals surface area contributed by atoms with Gasteiger partial charge in [0.1, 0.15) is 0 Å². The number of nitrogens with zero attached hydrogens (tertiary/aromatic N) is 1. The molecule has 5 rings (SSSR count). The fourth-order valence-electron chi connectivity index (χ4n) is 9.06. The predicted molar refractivity (Wildman–Crippen MR) is 129 cm³/mol. The van der Waals surface area contributed by atoms with E-state index in [1.54, 1.807) is 24.3 Å². The molecule has 0 spiro atoms. The Bertz CT molecular complexity index is 949. The van der Waals surface area contributed by atoms with E-state index in [2.05, 4.69) is 25.2 Å². The first-order chi connectivity index (χ1) is 15.7. The third-order valence-corrected chi connectivity index (χ3v) is 10.5.